The van der Waals surface area contributed by atoms with Crippen molar-refractivity contribution in [3.63, 3.8) is 0 Å². The monoisotopic (exact) mass is 659 g/mol. The number of nitrogens with one attached hydrogen (secondary N) is 4. The van der Waals surface area contributed by atoms with Gasteiger partial charge < -0.3 is 26.2 Å². The molecule has 2 heterocycles. The van der Waals surface area contributed by atoms with E-state index in [1.807, 2.05) is 6.92 Å². The van der Waals surface area contributed by atoms with E-state index in [-0.39, 0.29) is 24.7 Å². The second-order valence-corrected chi connectivity index (χ2v) is 12.9. The Labute approximate surface area is 272 Å². The summed E-state index contributed by atoms with van der Waals surface area (Å²) in [5, 5.41) is 15.2. The van der Waals surface area contributed by atoms with E-state index in [1.54, 1.807) is 17.7 Å². The van der Waals surface area contributed by atoms with Crippen molar-refractivity contribution in [1.82, 2.24) is 30.6 Å². The van der Waals surface area contributed by atoms with Crippen molar-refractivity contribution in [2.75, 3.05) is 31.6 Å². The number of rotatable bonds is 14. The van der Waals surface area contributed by atoms with Crippen LogP contribution in [0.15, 0.2) is 30.5 Å². The van der Waals surface area contributed by atoms with Crippen molar-refractivity contribution in [2.24, 2.45) is 17.8 Å². The summed E-state index contributed by atoms with van der Waals surface area (Å²) in [4.78, 5) is 54.4. The standard InChI is InChI=1S/C33H44F3N7O4/c1-4-43-26(11-12-38-43)31(45)41-29(27(20-5-6-20)21-7-8-21)32(46)39-25-10-9-22(15-24(25)36)18(2)28(40-30(44)19(3)35)33(47)42-14-13-37-23(16-34)17-42/h9-12,15,18-21,23,27-29,37H,4-8,13-14,16-17H2,1-3H3,(H,39,46)(H,40,44)(H,41,45)/t18-,19+,23+,28+,29-/m0/s1. The second-order valence-electron chi connectivity index (χ2n) is 12.9. The molecular formula is C33H44F3N7O4. The first-order chi connectivity index (χ1) is 22.5. The zero-order valence-electron chi connectivity index (χ0n) is 27.0. The van der Waals surface area contributed by atoms with Gasteiger partial charge in [-0.15, -0.1) is 0 Å². The Kier molecular flexibility index (Phi) is 10.9. The fraction of sp³-hybridized carbons (Fsp3) is 0.606. The zero-order chi connectivity index (χ0) is 33.8. The largest absolute Gasteiger partial charge is 0.341 e. The summed E-state index contributed by atoms with van der Waals surface area (Å²) in [7, 11) is 0. The van der Waals surface area contributed by atoms with Crippen LogP contribution in [0, 0.1) is 23.6 Å². The number of anilines is 1. The van der Waals surface area contributed by atoms with Gasteiger partial charge in [0.1, 0.15) is 30.3 Å². The highest BCUT2D eigenvalue weighted by Gasteiger charge is 2.48. The van der Waals surface area contributed by atoms with Crippen LogP contribution in [0.1, 0.15) is 68.4 Å². The molecule has 0 unspecified atom stereocenters. The van der Waals surface area contributed by atoms with Gasteiger partial charge in [-0.2, -0.15) is 5.10 Å². The third kappa shape index (κ3) is 8.14. The first kappa shape index (κ1) is 34.4. The molecule has 256 valence electrons. The third-order valence-electron chi connectivity index (χ3n) is 9.49. The lowest BCUT2D eigenvalue weighted by Gasteiger charge is -2.36. The van der Waals surface area contributed by atoms with E-state index in [1.165, 1.54) is 29.3 Å². The predicted octanol–water partition coefficient (Wildman–Crippen LogP) is 2.93. The number of carbonyl (C=O) groups excluding carboxylic acids is 4. The molecule has 14 heteroatoms. The van der Waals surface area contributed by atoms with Gasteiger partial charge in [-0.05, 0) is 81.0 Å². The molecule has 0 spiro atoms. The van der Waals surface area contributed by atoms with Gasteiger partial charge in [0.25, 0.3) is 11.8 Å². The van der Waals surface area contributed by atoms with Crippen LogP contribution in [-0.4, -0.2) is 88.9 Å². The minimum atomic E-state index is -1.89. The Morgan fingerprint density at radius 3 is 2.32 bits per heavy atom. The summed E-state index contributed by atoms with van der Waals surface area (Å²) >= 11 is 0. The van der Waals surface area contributed by atoms with Crippen LogP contribution < -0.4 is 21.3 Å². The normalized spacial score (nSPS) is 20.7. The van der Waals surface area contributed by atoms with Crippen molar-refractivity contribution in [3.8, 4) is 0 Å². The minimum Gasteiger partial charge on any atom is -0.341 e. The summed E-state index contributed by atoms with van der Waals surface area (Å²) in [5.74, 6) is -3.52. The van der Waals surface area contributed by atoms with Gasteiger partial charge in [-0.1, -0.05) is 13.0 Å². The molecule has 3 fully saturated rings. The Morgan fingerprint density at radius 2 is 1.72 bits per heavy atom. The van der Waals surface area contributed by atoms with E-state index in [0.29, 0.717) is 36.2 Å². The summed E-state index contributed by atoms with van der Waals surface area (Å²) in [6, 6.07) is 2.97. The molecule has 4 amide bonds. The van der Waals surface area contributed by atoms with Gasteiger partial charge >= 0.3 is 0 Å². The molecule has 2 aromatic rings. The average molecular weight is 660 g/mol. The second kappa shape index (κ2) is 14.9. The number of carbonyl (C=O) groups is 4. The molecule has 2 saturated carbocycles. The highest BCUT2D eigenvalue weighted by molar-refractivity contribution is 6.01. The molecule has 1 aromatic heterocycles. The summed E-state index contributed by atoms with van der Waals surface area (Å²) in [6.07, 6.45) is 3.50. The highest BCUT2D eigenvalue weighted by atomic mass is 19.1. The first-order valence-corrected chi connectivity index (χ1v) is 16.5. The molecule has 1 aromatic carbocycles. The number of alkyl halides is 2. The maximum absolute atomic E-state index is 15.7. The number of nitrogens with zero attached hydrogens (tertiary/aromatic N) is 3. The van der Waals surface area contributed by atoms with Crippen LogP contribution in [0.2, 0.25) is 0 Å². The first-order valence-electron chi connectivity index (χ1n) is 16.5. The maximum Gasteiger partial charge on any atom is 0.270 e. The molecule has 3 aliphatic rings. The number of aromatic nitrogens is 2. The predicted molar refractivity (Wildman–Crippen MR) is 168 cm³/mol. The van der Waals surface area contributed by atoms with Crippen molar-refractivity contribution in [2.45, 2.75) is 83.2 Å². The minimum absolute atomic E-state index is 0.0696. The van der Waals surface area contributed by atoms with Gasteiger partial charge in [0.05, 0.1) is 11.7 Å². The summed E-state index contributed by atoms with van der Waals surface area (Å²) in [6.45, 7) is 4.99. The molecule has 1 aliphatic heterocycles. The molecule has 0 radical (unpaired) electrons. The molecule has 4 N–H and O–H groups in total. The van der Waals surface area contributed by atoms with Crippen molar-refractivity contribution in [1.29, 1.82) is 0 Å². The van der Waals surface area contributed by atoms with E-state index in [4.69, 9.17) is 0 Å². The lowest BCUT2D eigenvalue weighted by atomic mass is 9.88. The quantitative estimate of drug-likeness (QED) is 0.246. The Morgan fingerprint density at radius 1 is 1.02 bits per heavy atom. The van der Waals surface area contributed by atoms with E-state index in [9.17, 15) is 28.0 Å². The molecule has 11 nitrogen and oxygen atoms in total. The smallest absolute Gasteiger partial charge is 0.270 e. The number of hydrogen-bond donors (Lipinski definition) is 4. The third-order valence-corrected chi connectivity index (χ3v) is 9.49. The van der Waals surface area contributed by atoms with Crippen molar-refractivity contribution >= 4 is 29.3 Å². The van der Waals surface area contributed by atoms with Gasteiger partial charge in [-0.25, -0.2) is 13.2 Å². The molecule has 0 bridgehead atoms. The van der Waals surface area contributed by atoms with E-state index in [0.717, 1.165) is 32.6 Å². The number of piperazine rings is 1. The summed E-state index contributed by atoms with van der Waals surface area (Å²) in [5.41, 5.74) is 0.556. The molecule has 1 saturated heterocycles. The lowest BCUT2D eigenvalue weighted by molar-refractivity contribution is -0.139. The lowest BCUT2D eigenvalue weighted by Crippen LogP contribution is -2.59. The molecule has 5 atom stereocenters. The summed E-state index contributed by atoms with van der Waals surface area (Å²) < 4.78 is 44.4. The SMILES string of the molecule is CCn1nccc1C(=O)N[C@H](C(=O)Nc1ccc([C@H](C)[C@@H](NC(=O)[C@@H](C)F)C(=O)N2CCN[C@H](CF)C2)cc1F)C(C1CC1)C1CC1. The van der Waals surface area contributed by atoms with Crippen LogP contribution >= 0.6 is 0 Å². The molecular weight excluding hydrogens is 615 g/mol. The van der Waals surface area contributed by atoms with Crippen molar-refractivity contribution in [3.05, 3.63) is 47.5 Å². The van der Waals surface area contributed by atoms with Gasteiger partial charge in [-0.3, -0.25) is 23.9 Å². The van der Waals surface area contributed by atoms with Gasteiger partial charge in [0, 0.05) is 38.3 Å². The van der Waals surface area contributed by atoms with Crippen LogP contribution in [0.5, 0.6) is 0 Å². The Hall–Kier alpha value is -3.94. The zero-order valence-corrected chi connectivity index (χ0v) is 27.0. The van der Waals surface area contributed by atoms with E-state index < -0.39 is 66.3 Å². The Balaban J connectivity index is 1.34. The maximum atomic E-state index is 15.7. The fourth-order valence-electron chi connectivity index (χ4n) is 6.53. The highest BCUT2D eigenvalue weighted by Crippen LogP contribution is 2.51. The van der Waals surface area contributed by atoms with Gasteiger partial charge in [0.15, 0.2) is 6.17 Å². The number of hydrogen-bond acceptors (Lipinski definition) is 6. The molecule has 2 aliphatic carbocycles. The van der Waals surface area contributed by atoms with E-state index >= 15 is 4.39 Å². The van der Waals surface area contributed by atoms with E-state index in [2.05, 4.69) is 26.4 Å². The molecule has 47 heavy (non-hydrogen) atoms. The van der Waals surface area contributed by atoms with Gasteiger partial charge in [0.2, 0.25) is 11.8 Å². The van der Waals surface area contributed by atoms with Crippen molar-refractivity contribution < 1.29 is 32.3 Å². The molecule has 5 rings (SSSR count). The number of amides is 4. The Bertz CT molecular complexity index is 1450. The fourth-order valence-corrected chi connectivity index (χ4v) is 6.53. The number of benzene rings is 1. The van der Waals surface area contributed by atoms with Crippen LogP contribution in [0.25, 0.3) is 0 Å². The van der Waals surface area contributed by atoms with Crippen LogP contribution in [-0.2, 0) is 20.9 Å². The van der Waals surface area contributed by atoms with Crippen LogP contribution in [0.4, 0.5) is 18.9 Å². The number of aryl methyl sites for hydroxylation is 1. The van der Waals surface area contributed by atoms with Crippen LogP contribution in [0.3, 0.4) is 0 Å². The average Bonchev–Trinajstić information content (AvgIpc) is 4.02. The topological polar surface area (TPSA) is 137 Å². The number of halogens is 3.